The SMILES string of the molecule is CN1CCN(c2ccccc2CNC(=O)C2=CN3CCS(=O)(=O)N=C3C=C2)CC1. The fourth-order valence-electron chi connectivity index (χ4n) is 3.63. The van der Waals surface area contributed by atoms with Crippen LogP contribution >= 0.6 is 0 Å². The summed E-state index contributed by atoms with van der Waals surface area (Å²) in [5, 5.41) is 2.99. The second-order valence-corrected chi connectivity index (χ2v) is 9.20. The predicted molar refractivity (Wildman–Crippen MR) is 113 cm³/mol. The summed E-state index contributed by atoms with van der Waals surface area (Å²) in [7, 11) is -1.27. The Labute approximate surface area is 171 Å². The molecular formula is C20H25N5O3S. The van der Waals surface area contributed by atoms with E-state index in [0.717, 1.165) is 37.4 Å². The highest BCUT2D eigenvalue weighted by molar-refractivity contribution is 7.90. The number of carbonyl (C=O) groups is 1. The van der Waals surface area contributed by atoms with Crippen molar-refractivity contribution in [1.29, 1.82) is 0 Å². The molecule has 0 atom stereocenters. The summed E-state index contributed by atoms with van der Waals surface area (Å²) in [6.45, 7) is 4.71. The van der Waals surface area contributed by atoms with Gasteiger partial charge in [0, 0.05) is 51.2 Å². The molecular weight excluding hydrogens is 390 g/mol. The lowest BCUT2D eigenvalue weighted by Crippen LogP contribution is -2.45. The molecule has 1 aromatic rings. The molecule has 1 saturated heterocycles. The summed E-state index contributed by atoms with van der Waals surface area (Å²) in [4.78, 5) is 19.0. The zero-order valence-electron chi connectivity index (χ0n) is 16.4. The topological polar surface area (TPSA) is 85.3 Å². The van der Waals surface area contributed by atoms with E-state index >= 15 is 0 Å². The molecule has 1 amide bonds. The van der Waals surface area contributed by atoms with Crippen molar-refractivity contribution in [3.63, 3.8) is 0 Å². The van der Waals surface area contributed by atoms with E-state index in [2.05, 4.69) is 32.6 Å². The summed E-state index contributed by atoms with van der Waals surface area (Å²) in [5.41, 5.74) is 2.72. The van der Waals surface area contributed by atoms with Crippen LogP contribution in [0.2, 0.25) is 0 Å². The van der Waals surface area contributed by atoms with Gasteiger partial charge in [-0.15, -0.1) is 4.40 Å². The third-order valence-corrected chi connectivity index (χ3v) is 6.52. The molecule has 0 spiro atoms. The smallest absolute Gasteiger partial charge is 0.256 e. The van der Waals surface area contributed by atoms with Gasteiger partial charge in [0.25, 0.3) is 15.9 Å². The summed E-state index contributed by atoms with van der Waals surface area (Å²) in [5.74, 6) is 0.115. The maximum Gasteiger partial charge on any atom is 0.256 e. The number of carbonyl (C=O) groups excluding carboxylic acids is 1. The van der Waals surface area contributed by atoms with Crippen LogP contribution in [0, 0.1) is 0 Å². The van der Waals surface area contributed by atoms with Crippen molar-refractivity contribution in [2.24, 2.45) is 4.40 Å². The van der Waals surface area contributed by atoms with E-state index in [1.54, 1.807) is 23.3 Å². The molecule has 3 aliphatic rings. The Morgan fingerprint density at radius 1 is 1.10 bits per heavy atom. The standard InChI is InChI=1S/C20H25N5O3S/c1-23-8-10-24(11-9-23)18-5-3-2-4-16(18)14-21-20(26)17-6-7-19-22-29(27,28)13-12-25(19)15-17/h2-7,15H,8-14H2,1H3,(H,21,26). The van der Waals surface area contributed by atoms with Gasteiger partial charge >= 0.3 is 0 Å². The number of hydrogen-bond acceptors (Lipinski definition) is 6. The van der Waals surface area contributed by atoms with E-state index < -0.39 is 10.0 Å². The summed E-state index contributed by atoms with van der Waals surface area (Å²) >= 11 is 0. The first-order valence-corrected chi connectivity index (χ1v) is 11.3. The lowest BCUT2D eigenvalue weighted by atomic mass is 10.1. The van der Waals surface area contributed by atoms with E-state index in [1.807, 2.05) is 18.2 Å². The molecule has 29 heavy (non-hydrogen) atoms. The quantitative estimate of drug-likeness (QED) is 0.773. The number of hydrogen-bond donors (Lipinski definition) is 1. The largest absolute Gasteiger partial charge is 0.369 e. The van der Waals surface area contributed by atoms with Gasteiger partial charge in [-0.25, -0.2) is 8.42 Å². The number of benzene rings is 1. The lowest BCUT2D eigenvalue weighted by Gasteiger charge is -2.35. The van der Waals surface area contributed by atoms with Crippen LogP contribution in [0.25, 0.3) is 0 Å². The maximum absolute atomic E-state index is 12.7. The van der Waals surface area contributed by atoms with E-state index in [-0.39, 0.29) is 11.7 Å². The van der Waals surface area contributed by atoms with Gasteiger partial charge in [-0.3, -0.25) is 4.79 Å². The zero-order chi connectivity index (χ0) is 20.4. The molecule has 1 aromatic carbocycles. The second kappa shape index (κ2) is 8.00. The molecule has 0 radical (unpaired) electrons. The molecule has 0 saturated carbocycles. The molecule has 1 fully saturated rings. The van der Waals surface area contributed by atoms with E-state index in [9.17, 15) is 13.2 Å². The molecule has 8 nitrogen and oxygen atoms in total. The Balaban J connectivity index is 1.42. The third-order valence-electron chi connectivity index (χ3n) is 5.36. The average Bonchev–Trinajstić information content (AvgIpc) is 2.72. The van der Waals surface area contributed by atoms with Crippen LogP contribution in [0.5, 0.6) is 0 Å². The first-order chi connectivity index (χ1) is 13.9. The van der Waals surface area contributed by atoms with Crippen LogP contribution in [-0.2, 0) is 21.4 Å². The summed E-state index contributed by atoms with van der Waals surface area (Å²) in [6.07, 6.45) is 4.84. The normalized spacial score (nSPS) is 21.3. The van der Waals surface area contributed by atoms with Gasteiger partial charge < -0.3 is 20.0 Å². The summed E-state index contributed by atoms with van der Waals surface area (Å²) in [6, 6.07) is 8.15. The van der Waals surface area contributed by atoms with Crippen LogP contribution in [0.1, 0.15) is 5.56 Å². The van der Waals surface area contributed by atoms with Crippen molar-refractivity contribution < 1.29 is 13.2 Å². The first kappa shape index (κ1) is 19.7. The van der Waals surface area contributed by atoms with Crippen LogP contribution in [0.15, 0.2) is 52.6 Å². The predicted octanol–water partition coefficient (Wildman–Crippen LogP) is 0.552. The van der Waals surface area contributed by atoms with Gasteiger partial charge in [-0.2, -0.15) is 0 Å². The summed E-state index contributed by atoms with van der Waals surface area (Å²) < 4.78 is 26.9. The molecule has 1 N–H and O–H groups in total. The number of piperazine rings is 1. The van der Waals surface area contributed by atoms with E-state index in [4.69, 9.17) is 0 Å². The number of anilines is 1. The van der Waals surface area contributed by atoms with Crippen molar-refractivity contribution in [2.45, 2.75) is 6.54 Å². The Kier molecular flexibility index (Phi) is 5.42. The number of sulfonamides is 1. The highest BCUT2D eigenvalue weighted by atomic mass is 32.2. The molecule has 0 unspecified atom stereocenters. The number of amidine groups is 1. The van der Waals surface area contributed by atoms with Crippen molar-refractivity contribution >= 4 is 27.5 Å². The Bertz CT molecular complexity index is 991. The Hall–Kier alpha value is -2.65. The van der Waals surface area contributed by atoms with Crippen LogP contribution in [0.4, 0.5) is 5.69 Å². The number of nitrogens with one attached hydrogen (secondary N) is 1. The van der Waals surface area contributed by atoms with Gasteiger partial charge in [0.05, 0.1) is 11.3 Å². The van der Waals surface area contributed by atoms with Crippen LogP contribution in [0.3, 0.4) is 0 Å². The molecule has 0 bridgehead atoms. The van der Waals surface area contributed by atoms with Crippen molar-refractivity contribution in [3.8, 4) is 0 Å². The molecule has 3 aliphatic heterocycles. The molecule has 4 rings (SSSR count). The monoisotopic (exact) mass is 415 g/mol. The number of rotatable bonds is 4. The van der Waals surface area contributed by atoms with Gasteiger partial charge in [0.15, 0.2) is 0 Å². The van der Waals surface area contributed by atoms with Crippen LogP contribution < -0.4 is 10.2 Å². The van der Waals surface area contributed by atoms with Crippen molar-refractivity contribution in [2.75, 3.05) is 50.4 Å². The highest BCUT2D eigenvalue weighted by Gasteiger charge is 2.25. The average molecular weight is 416 g/mol. The molecule has 3 heterocycles. The number of nitrogens with zero attached hydrogens (tertiary/aromatic N) is 4. The molecule has 0 aliphatic carbocycles. The van der Waals surface area contributed by atoms with E-state index in [0.29, 0.717) is 24.5 Å². The second-order valence-electron chi connectivity index (χ2n) is 7.45. The maximum atomic E-state index is 12.7. The van der Waals surface area contributed by atoms with Gasteiger partial charge in [-0.05, 0) is 30.8 Å². The zero-order valence-corrected chi connectivity index (χ0v) is 17.2. The molecule has 0 aromatic heterocycles. The first-order valence-electron chi connectivity index (χ1n) is 9.70. The number of likely N-dealkylation sites (N-methyl/N-ethyl adjacent to an activating group) is 1. The van der Waals surface area contributed by atoms with Crippen molar-refractivity contribution in [1.82, 2.24) is 15.1 Å². The lowest BCUT2D eigenvalue weighted by molar-refractivity contribution is -0.117. The Morgan fingerprint density at radius 2 is 1.86 bits per heavy atom. The fraction of sp³-hybridized carbons (Fsp3) is 0.400. The fourth-order valence-corrected chi connectivity index (χ4v) is 4.60. The minimum atomic E-state index is -3.40. The van der Waals surface area contributed by atoms with Crippen LogP contribution in [-0.4, -0.2) is 75.5 Å². The molecule has 154 valence electrons. The highest BCUT2D eigenvalue weighted by Crippen LogP contribution is 2.22. The van der Waals surface area contributed by atoms with Gasteiger partial charge in [0.1, 0.15) is 5.84 Å². The van der Waals surface area contributed by atoms with Gasteiger partial charge in [-0.1, -0.05) is 18.2 Å². The van der Waals surface area contributed by atoms with Crippen molar-refractivity contribution in [3.05, 3.63) is 53.8 Å². The Morgan fingerprint density at radius 3 is 2.66 bits per heavy atom. The third kappa shape index (κ3) is 4.51. The van der Waals surface area contributed by atoms with Gasteiger partial charge in [0.2, 0.25) is 0 Å². The number of para-hydroxylation sites is 1. The number of fused-ring (bicyclic) bond motifs is 1. The minimum absolute atomic E-state index is 0.0475. The number of amides is 1. The molecule has 9 heteroatoms. The minimum Gasteiger partial charge on any atom is -0.369 e. The van der Waals surface area contributed by atoms with E-state index in [1.165, 1.54) is 0 Å².